The highest BCUT2D eigenvalue weighted by Crippen LogP contribution is 2.05. The van der Waals surface area contributed by atoms with Crippen molar-refractivity contribution >= 4 is 17.9 Å². The van der Waals surface area contributed by atoms with Gasteiger partial charge in [0.2, 0.25) is 0 Å². The second kappa shape index (κ2) is 6.92. The Morgan fingerprint density at radius 3 is 2.61 bits per heavy atom. The lowest BCUT2D eigenvalue weighted by atomic mass is 10.3. The van der Waals surface area contributed by atoms with Crippen LogP contribution in [0, 0.1) is 0 Å². The van der Waals surface area contributed by atoms with Crippen molar-refractivity contribution < 1.29 is 34.1 Å². The number of carbonyl (C=O) groups is 3. The molecule has 8 heteroatoms. The van der Waals surface area contributed by atoms with Gasteiger partial charge in [-0.15, -0.1) is 0 Å². The number of rotatable bonds is 4. The Morgan fingerprint density at radius 2 is 2.00 bits per heavy atom. The van der Waals surface area contributed by atoms with Crippen LogP contribution in [-0.4, -0.2) is 72.0 Å². The molecular formula is C10H15NO7. The summed E-state index contributed by atoms with van der Waals surface area (Å²) in [6, 6.07) is 0. The van der Waals surface area contributed by atoms with Crippen molar-refractivity contribution in [1.29, 1.82) is 0 Å². The topological polar surface area (TPSA) is 113 Å². The van der Waals surface area contributed by atoms with Crippen LogP contribution in [0.1, 0.15) is 6.42 Å². The van der Waals surface area contributed by atoms with E-state index in [4.69, 9.17) is 19.7 Å². The standard InChI is InChI=1S/C10H15NO7/c12-2-1-7-6-17-9(15)4-11(3-8(13)14)5-10(16)18-7/h7,12H,1-6H2,(H,13,14). The molecule has 1 saturated heterocycles. The molecule has 0 aromatic rings. The van der Waals surface area contributed by atoms with Gasteiger partial charge in [-0.25, -0.2) is 0 Å². The monoisotopic (exact) mass is 261 g/mol. The minimum absolute atomic E-state index is 0.133. The Bertz CT molecular complexity index is 330. The first-order valence-corrected chi connectivity index (χ1v) is 5.41. The molecule has 2 N–H and O–H groups in total. The fraction of sp³-hybridized carbons (Fsp3) is 0.700. The van der Waals surface area contributed by atoms with Crippen LogP contribution in [0.3, 0.4) is 0 Å². The molecule has 8 nitrogen and oxygen atoms in total. The number of carbonyl (C=O) groups excluding carboxylic acids is 2. The molecular weight excluding hydrogens is 246 g/mol. The Hall–Kier alpha value is -1.67. The second-order valence-corrected chi connectivity index (χ2v) is 3.85. The summed E-state index contributed by atoms with van der Waals surface area (Å²) in [5.41, 5.74) is 0. The Balaban J connectivity index is 2.65. The van der Waals surface area contributed by atoms with E-state index in [0.29, 0.717) is 0 Å². The van der Waals surface area contributed by atoms with Gasteiger partial charge in [-0.2, -0.15) is 0 Å². The predicted molar refractivity (Wildman–Crippen MR) is 56.6 cm³/mol. The molecule has 18 heavy (non-hydrogen) atoms. The lowest BCUT2D eigenvalue weighted by Gasteiger charge is -2.16. The van der Waals surface area contributed by atoms with Gasteiger partial charge in [-0.1, -0.05) is 0 Å². The third kappa shape index (κ3) is 5.11. The van der Waals surface area contributed by atoms with Crippen molar-refractivity contribution in [2.75, 3.05) is 32.8 Å². The van der Waals surface area contributed by atoms with E-state index >= 15 is 0 Å². The Kier molecular flexibility index (Phi) is 5.53. The zero-order chi connectivity index (χ0) is 13.5. The van der Waals surface area contributed by atoms with Gasteiger partial charge >= 0.3 is 17.9 Å². The molecule has 1 aliphatic rings. The maximum absolute atomic E-state index is 11.5. The maximum atomic E-state index is 11.5. The minimum atomic E-state index is -1.15. The highest BCUT2D eigenvalue weighted by atomic mass is 16.6. The van der Waals surface area contributed by atoms with Crippen LogP contribution in [0.15, 0.2) is 0 Å². The molecule has 0 saturated carbocycles. The molecule has 0 aliphatic carbocycles. The summed E-state index contributed by atoms with van der Waals surface area (Å²) in [5, 5.41) is 17.4. The number of esters is 2. The number of carboxylic acids is 1. The van der Waals surface area contributed by atoms with Crippen LogP contribution in [0.4, 0.5) is 0 Å². The van der Waals surface area contributed by atoms with E-state index in [1.807, 2.05) is 0 Å². The minimum Gasteiger partial charge on any atom is -0.480 e. The lowest BCUT2D eigenvalue weighted by Crippen LogP contribution is -2.38. The second-order valence-electron chi connectivity index (χ2n) is 3.85. The number of aliphatic hydroxyl groups excluding tert-OH is 1. The summed E-state index contributed by atoms with van der Waals surface area (Å²) in [5.74, 6) is -2.42. The molecule has 1 aliphatic heterocycles. The van der Waals surface area contributed by atoms with E-state index in [1.54, 1.807) is 0 Å². The van der Waals surface area contributed by atoms with Crippen molar-refractivity contribution in [1.82, 2.24) is 4.90 Å². The molecule has 1 rings (SSSR count). The SMILES string of the molecule is O=C(O)CN1CC(=O)OCC(CCO)OC(=O)C1. The molecule has 0 bridgehead atoms. The molecule has 1 atom stereocenters. The molecule has 102 valence electrons. The molecule has 0 spiro atoms. The number of aliphatic carboxylic acids is 1. The number of hydrogen-bond acceptors (Lipinski definition) is 7. The van der Waals surface area contributed by atoms with Gasteiger partial charge in [0.1, 0.15) is 12.7 Å². The van der Waals surface area contributed by atoms with Crippen LogP contribution in [0.2, 0.25) is 0 Å². The summed E-state index contributed by atoms with van der Waals surface area (Å²) in [6.45, 7) is -1.37. The van der Waals surface area contributed by atoms with Crippen molar-refractivity contribution in [2.24, 2.45) is 0 Å². The molecule has 0 amide bonds. The van der Waals surface area contributed by atoms with E-state index in [1.165, 1.54) is 0 Å². The quantitative estimate of drug-likeness (QED) is 0.571. The summed E-state index contributed by atoms with van der Waals surface area (Å²) >= 11 is 0. The van der Waals surface area contributed by atoms with Gasteiger partial charge in [0.25, 0.3) is 0 Å². The number of carboxylic acid groups (broad SMARTS) is 1. The molecule has 0 aromatic carbocycles. The van der Waals surface area contributed by atoms with E-state index in [0.717, 1.165) is 4.90 Å². The van der Waals surface area contributed by atoms with Crippen molar-refractivity contribution in [3.63, 3.8) is 0 Å². The predicted octanol–water partition coefficient (Wildman–Crippen LogP) is -1.78. The number of nitrogens with zero attached hydrogens (tertiary/aromatic N) is 1. The normalized spacial score (nSPS) is 22.4. The van der Waals surface area contributed by atoms with E-state index in [2.05, 4.69) is 0 Å². The van der Waals surface area contributed by atoms with Gasteiger partial charge in [0.05, 0.1) is 19.6 Å². The first-order valence-electron chi connectivity index (χ1n) is 5.41. The van der Waals surface area contributed by atoms with E-state index in [-0.39, 0.29) is 32.7 Å². The Morgan fingerprint density at radius 1 is 1.33 bits per heavy atom. The van der Waals surface area contributed by atoms with Crippen LogP contribution < -0.4 is 0 Å². The van der Waals surface area contributed by atoms with Crippen molar-refractivity contribution in [3.05, 3.63) is 0 Å². The fourth-order valence-electron chi connectivity index (χ4n) is 1.50. The maximum Gasteiger partial charge on any atom is 0.320 e. The van der Waals surface area contributed by atoms with Crippen LogP contribution in [0.5, 0.6) is 0 Å². The molecule has 0 radical (unpaired) electrons. The van der Waals surface area contributed by atoms with Gasteiger partial charge in [-0.05, 0) is 0 Å². The molecule has 1 fully saturated rings. The van der Waals surface area contributed by atoms with Gasteiger partial charge in [0.15, 0.2) is 0 Å². The largest absolute Gasteiger partial charge is 0.480 e. The van der Waals surface area contributed by atoms with Gasteiger partial charge in [-0.3, -0.25) is 19.3 Å². The zero-order valence-electron chi connectivity index (χ0n) is 9.70. The molecule has 1 heterocycles. The van der Waals surface area contributed by atoms with Crippen molar-refractivity contribution in [2.45, 2.75) is 12.5 Å². The van der Waals surface area contributed by atoms with Crippen LogP contribution >= 0.6 is 0 Å². The average Bonchev–Trinajstić information content (AvgIpc) is 2.29. The first-order chi connectivity index (χ1) is 8.51. The summed E-state index contributed by atoms with van der Waals surface area (Å²) in [4.78, 5) is 34.5. The van der Waals surface area contributed by atoms with Gasteiger partial charge < -0.3 is 19.7 Å². The third-order valence-electron chi connectivity index (χ3n) is 2.24. The van der Waals surface area contributed by atoms with E-state index < -0.39 is 30.6 Å². The highest BCUT2D eigenvalue weighted by molar-refractivity contribution is 5.78. The summed E-state index contributed by atoms with van der Waals surface area (Å²) in [7, 11) is 0. The summed E-state index contributed by atoms with van der Waals surface area (Å²) < 4.78 is 9.79. The lowest BCUT2D eigenvalue weighted by molar-refractivity contribution is -0.156. The third-order valence-corrected chi connectivity index (χ3v) is 2.24. The van der Waals surface area contributed by atoms with E-state index in [9.17, 15) is 14.4 Å². The number of aliphatic hydroxyl groups is 1. The highest BCUT2D eigenvalue weighted by Gasteiger charge is 2.24. The summed E-state index contributed by atoms with van der Waals surface area (Å²) in [6.07, 6.45) is -0.533. The molecule has 1 unspecified atom stereocenters. The van der Waals surface area contributed by atoms with Crippen LogP contribution in [0.25, 0.3) is 0 Å². The van der Waals surface area contributed by atoms with Crippen LogP contribution in [-0.2, 0) is 23.9 Å². The van der Waals surface area contributed by atoms with Gasteiger partial charge in [0, 0.05) is 13.0 Å². The zero-order valence-corrected chi connectivity index (χ0v) is 9.70. The average molecular weight is 261 g/mol. The smallest absolute Gasteiger partial charge is 0.320 e. The number of hydrogen-bond donors (Lipinski definition) is 2. The first kappa shape index (κ1) is 14.4. The fourth-order valence-corrected chi connectivity index (χ4v) is 1.50. The Labute approximate surface area is 103 Å². The molecule has 0 aromatic heterocycles. The number of cyclic esters (lactones) is 2. The number of ether oxygens (including phenoxy) is 2. The van der Waals surface area contributed by atoms with Crippen molar-refractivity contribution in [3.8, 4) is 0 Å².